The number of piperazine rings is 1. The van der Waals surface area contributed by atoms with Crippen LogP contribution in [-0.2, 0) is 6.54 Å². The van der Waals surface area contributed by atoms with Crippen molar-refractivity contribution in [2.24, 2.45) is 5.92 Å². The minimum absolute atomic E-state index is 0.552. The first-order valence-corrected chi connectivity index (χ1v) is 6.43. The van der Waals surface area contributed by atoms with E-state index in [0.29, 0.717) is 18.0 Å². The van der Waals surface area contributed by atoms with E-state index in [1.54, 1.807) is 0 Å². The van der Waals surface area contributed by atoms with Gasteiger partial charge in [0.05, 0.1) is 6.54 Å². The van der Waals surface area contributed by atoms with E-state index in [9.17, 15) is 0 Å². The smallest absolute Gasteiger partial charge is 0.213 e. The molecule has 17 heavy (non-hydrogen) atoms. The van der Waals surface area contributed by atoms with Gasteiger partial charge in [0.25, 0.3) is 0 Å². The Hall–Kier alpha value is -0.940. The molecule has 0 aliphatic carbocycles. The molecule has 1 aliphatic heterocycles. The van der Waals surface area contributed by atoms with Gasteiger partial charge in [-0.1, -0.05) is 25.9 Å². The largest absolute Gasteiger partial charge is 0.343 e. The highest BCUT2D eigenvalue weighted by Crippen LogP contribution is 2.18. The molecule has 2 atom stereocenters. The third-order valence-electron chi connectivity index (χ3n) is 3.55. The number of rotatable bonds is 4. The predicted octanol–water partition coefficient (Wildman–Crippen LogP) is 1.28. The summed E-state index contributed by atoms with van der Waals surface area (Å²) in [6, 6.07) is 1.13. The molecule has 1 aromatic rings. The van der Waals surface area contributed by atoms with E-state index in [1.165, 1.54) is 6.39 Å². The summed E-state index contributed by atoms with van der Waals surface area (Å²) in [6.07, 6.45) is 2.56. The van der Waals surface area contributed by atoms with Crippen molar-refractivity contribution < 1.29 is 4.52 Å². The Morgan fingerprint density at radius 3 is 3.00 bits per heavy atom. The second-order valence-electron chi connectivity index (χ2n) is 5.10. The van der Waals surface area contributed by atoms with Gasteiger partial charge in [0.15, 0.2) is 5.82 Å². The molecule has 0 bridgehead atoms. The minimum atomic E-state index is 0.552. The molecule has 2 heterocycles. The lowest BCUT2D eigenvalue weighted by Gasteiger charge is -2.41. The summed E-state index contributed by atoms with van der Waals surface area (Å²) in [7, 11) is 0. The van der Waals surface area contributed by atoms with Gasteiger partial charge in [-0.3, -0.25) is 4.90 Å². The molecule has 1 saturated heterocycles. The second kappa shape index (κ2) is 5.60. The van der Waals surface area contributed by atoms with Crippen molar-refractivity contribution >= 4 is 0 Å². The van der Waals surface area contributed by atoms with Gasteiger partial charge in [0.1, 0.15) is 0 Å². The number of hydrogen-bond acceptors (Lipinski definition) is 5. The van der Waals surface area contributed by atoms with E-state index < -0.39 is 0 Å². The van der Waals surface area contributed by atoms with Gasteiger partial charge >= 0.3 is 0 Å². The molecular weight excluding hydrogens is 216 g/mol. The van der Waals surface area contributed by atoms with Gasteiger partial charge < -0.3 is 9.84 Å². The van der Waals surface area contributed by atoms with Crippen LogP contribution in [0.1, 0.15) is 33.0 Å². The number of nitrogens with one attached hydrogen (secondary N) is 1. The van der Waals surface area contributed by atoms with Gasteiger partial charge in [-0.2, -0.15) is 4.98 Å². The van der Waals surface area contributed by atoms with Crippen LogP contribution in [0.5, 0.6) is 0 Å². The van der Waals surface area contributed by atoms with E-state index in [4.69, 9.17) is 4.52 Å². The molecule has 0 radical (unpaired) electrons. The normalized spacial score (nSPS) is 26.6. The minimum Gasteiger partial charge on any atom is -0.343 e. The first-order chi connectivity index (χ1) is 8.20. The zero-order valence-corrected chi connectivity index (χ0v) is 10.9. The second-order valence-corrected chi connectivity index (χ2v) is 5.10. The van der Waals surface area contributed by atoms with Crippen molar-refractivity contribution in [2.75, 3.05) is 13.1 Å². The molecule has 0 amide bonds. The fourth-order valence-electron chi connectivity index (χ4n) is 2.46. The van der Waals surface area contributed by atoms with Gasteiger partial charge in [0, 0.05) is 25.2 Å². The molecule has 0 aromatic carbocycles. The van der Waals surface area contributed by atoms with E-state index in [-0.39, 0.29) is 0 Å². The summed E-state index contributed by atoms with van der Waals surface area (Å²) in [4.78, 5) is 6.59. The highest BCUT2D eigenvalue weighted by molar-refractivity contribution is 4.90. The molecule has 2 unspecified atom stereocenters. The van der Waals surface area contributed by atoms with Crippen LogP contribution in [-0.4, -0.2) is 40.2 Å². The van der Waals surface area contributed by atoms with E-state index >= 15 is 0 Å². The van der Waals surface area contributed by atoms with Crippen LogP contribution in [0.3, 0.4) is 0 Å². The molecule has 96 valence electrons. The number of aromatic nitrogens is 2. The summed E-state index contributed by atoms with van der Waals surface area (Å²) in [5, 5.41) is 7.51. The molecule has 0 spiro atoms. The van der Waals surface area contributed by atoms with Crippen molar-refractivity contribution in [3.8, 4) is 0 Å². The lowest BCUT2D eigenvalue weighted by atomic mass is 9.97. The monoisotopic (exact) mass is 238 g/mol. The molecule has 1 aliphatic rings. The Labute approximate surface area is 103 Å². The third-order valence-corrected chi connectivity index (χ3v) is 3.55. The van der Waals surface area contributed by atoms with Crippen LogP contribution in [0.2, 0.25) is 0 Å². The zero-order valence-electron chi connectivity index (χ0n) is 10.9. The van der Waals surface area contributed by atoms with E-state index in [0.717, 1.165) is 31.9 Å². The van der Waals surface area contributed by atoms with Crippen molar-refractivity contribution in [1.29, 1.82) is 0 Å². The maximum atomic E-state index is 4.80. The SMILES string of the molecule is CCC1CN(Cc2ncon2)C(C(C)C)CN1. The van der Waals surface area contributed by atoms with Gasteiger partial charge in [-0.05, 0) is 12.3 Å². The molecule has 1 aromatic heterocycles. The van der Waals surface area contributed by atoms with Gasteiger partial charge in [-0.25, -0.2) is 0 Å². The molecule has 2 rings (SSSR count). The zero-order chi connectivity index (χ0) is 12.3. The Bertz CT molecular complexity index is 325. The van der Waals surface area contributed by atoms with Crippen LogP contribution in [0.15, 0.2) is 10.9 Å². The van der Waals surface area contributed by atoms with Crippen LogP contribution in [0, 0.1) is 5.92 Å². The summed E-state index contributed by atoms with van der Waals surface area (Å²) in [6.45, 7) is 9.66. The number of hydrogen-bond donors (Lipinski definition) is 1. The van der Waals surface area contributed by atoms with E-state index in [1.807, 2.05) is 0 Å². The fraction of sp³-hybridized carbons (Fsp3) is 0.833. The summed E-state index contributed by atoms with van der Waals surface area (Å²) in [5.41, 5.74) is 0. The first kappa shape index (κ1) is 12.5. The van der Waals surface area contributed by atoms with Crippen molar-refractivity contribution in [3.63, 3.8) is 0 Å². The Kier molecular flexibility index (Phi) is 4.12. The quantitative estimate of drug-likeness (QED) is 0.856. The topological polar surface area (TPSA) is 54.2 Å². The third kappa shape index (κ3) is 3.04. The van der Waals surface area contributed by atoms with Crippen LogP contribution >= 0.6 is 0 Å². The van der Waals surface area contributed by atoms with Gasteiger partial charge in [-0.15, -0.1) is 0 Å². The fourth-order valence-corrected chi connectivity index (χ4v) is 2.46. The van der Waals surface area contributed by atoms with Crippen LogP contribution < -0.4 is 5.32 Å². The van der Waals surface area contributed by atoms with Crippen molar-refractivity contribution in [2.45, 2.75) is 45.8 Å². The molecule has 1 fully saturated rings. The highest BCUT2D eigenvalue weighted by atomic mass is 16.5. The lowest BCUT2D eigenvalue weighted by Crippen LogP contribution is -2.57. The van der Waals surface area contributed by atoms with Crippen molar-refractivity contribution in [1.82, 2.24) is 20.4 Å². The van der Waals surface area contributed by atoms with Crippen molar-refractivity contribution in [3.05, 3.63) is 12.2 Å². The number of nitrogens with zero attached hydrogens (tertiary/aromatic N) is 3. The average molecular weight is 238 g/mol. The lowest BCUT2D eigenvalue weighted by molar-refractivity contribution is 0.0866. The van der Waals surface area contributed by atoms with Crippen LogP contribution in [0.25, 0.3) is 0 Å². The van der Waals surface area contributed by atoms with E-state index in [2.05, 4.69) is 41.1 Å². The molecule has 5 heteroatoms. The first-order valence-electron chi connectivity index (χ1n) is 6.43. The summed E-state index contributed by atoms with van der Waals surface area (Å²) < 4.78 is 4.80. The maximum Gasteiger partial charge on any atom is 0.213 e. The Balaban J connectivity index is 2.02. The molecule has 5 nitrogen and oxygen atoms in total. The van der Waals surface area contributed by atoms with Gasteiger partial charge in [0.2, 0.25) is 6.39 Å². The summed E-state index contributed by atoms with van der Waals surface area (Å²) >= 11 is 0. The molecule has 0 saturated carbocycles. The predicted molar refractivity (Wildman–Crippen MR) is 65.4 cm³/mol. The standard InChI is InChI=1S/C12H22N4O/c1-4-10-6-16(7-12-14-8-17-15-12)11(5-13-10)9(2)3/h8-11,13H,4-7H2,1-3H3. The molecule has 1 N–H and O–H groups in total. The maximum absolute atomic E-state index is 4.80. The Morgan fingerprint density at radius 2 is 2.41 bits per heavy atom. The Morgan fingerprint density at radius 1 is 1.59 bits per heavy atom. The van der Waals surface area contributed by atoms with Crippen LogP contribution in [0.4, 0.5) is 0 Å². The summed E-state index contributed by atoms with van der Waals surface area (Å²) in [5.74, 6) is 1.42. The average Bonchev–Trinajstić information content (AvgIpc) is 2.81. The molecular formula is C12H22N4O. The highest BCUT2D eigenvalue weighted by Gasteiger charge is 2.29.